The molecule has 0 fully saturated rings. The van der Waals surface area contributed by atoms with Crippen LogP contribution in [0.1, 0.15) is 49.5 Å². The molecular formula is C22H26O3. The summed E-state index contributed by atoms with van der Waals surface area (Å²) >= 11 is 0. The fourth-order valence-corrected chi connectivity index (χ4v) is 2.03. The zero-order chi connectivity index (χ0) is 18.5. The van der Waals surface area contributed by atoms with Crippen molar-refractivity contribution in [2.24, 2.45) is 0 Å². The quantitative estimate of drug-likeness (QED) is 0.380. The van der Waals surface area contributed by atoms with E-state index in [4.69, 9.17) is 15.9 Å². The Hall–Kier alpha value is -2.73. The van der Waals surface area contributed by atoms with Crippen LogP contribution in [-0.4, -0.2) is 19.0 Å². The van der Waals surface area contributed by atoms with Crippen molar-refractivity contribution in [3.05, 3.63) is 59.7 Å². The topological polar surface area (TPSA) is 35.5 Å². The molecule has 25 heavy (non-hydrogen) atoms. The Labute approximate surface area is 151 Å². The number of ether oxygens (including phenoxy) is 2. The molecule has 132 valence electrons. The van der Waals surface area contributed by atoms with E-state index in [-0.39, 0.29) is 12.4 Å². The van der Waals surface area contributed by atoms with Gasteiger partial charge in [-0.1, -0.05) is 33.1 Å². The third kappa shape index (κ3) is 6.73. The van der Waals surface area contributed by atoms with Crippen molar-refractivity contribution in [2.75, 3.05) is 13.2 Å². The number of terminal acetylenes is 1. The molecule has 0 saturated heterocycles. The number of carbonyl (C=O) groups is 1. The van der Waals surface area contributed by atoms with Crippen molar-refractivity contribution in [1.82, 2.24) is 0 Å². The van der Waals surface area contributed by atoms with Crippen LogP contribution < -0.4 is 9.47 Å². The number of ketones is 1. The molecule has 0 aromatic heterocycles. The van der Waals surface area contributed by atoms with Crippen LogP contribution in [0, 0.1) is 12.3 Å². The molecule has 0 aliphatic heterocycles. The molecule has 2 aromatic rings. The first kappa shape index (κ1) is 20.3. The maximum absolute atomic E-state index is 12.4. The molecule has 0 radical (unpaired) electrons. The molecule has 0 N–H and O–H groups in total. The van der Waals surface area contributed by atoms with Crippen molar-refractivity contribution in [3.8, 4) is 23.8 Å². The van der Waals surface area contributed by atoms with Crippen LogP contribution in [0.15, 0.2) is 48.5 Å². The lowest BCUT2D eigenvalue weighted by Gasteiger charge is -2.07. The van der Waals surface area contributed by atoms with Crippen LogP contribution >= 0.6 is 0 Å². The SMILES string of the molecule is C#CCOc1ccc(C(=O)c2ccc(OCCCC)cc2)cc1.CC. The molecule has 0 saturated carbocycles. The van der Waals surface area contributed by atoms with Crippen molar-refractivity contribution in [1.29, 1.82) is 0 Å². The molecule has 0 aliphatic carbocycles. The predicted molar refractivity (Wildman–Crippen MR) is 102 cm³/mol. The Morgan fingerprint density at radius 1 is 0.920 bits per heavy atom. The second kappa shape index (κ2) is 11.8. The van der Waals surface area contributed by atoms with Crippen LogP contribution in [-0.2, 0) is 0 Å². The van der Waals surface area contributed by atoms with Gasteiger partial charge in [0.05, 0.1) is 6.61 Å². The van der Waals surface area contributed by atoms with Crippen molar-refractivity contribution in [3.63, 3.8) is 0 Å². The van der Waals surface area contributed by atoms with E-state index >= 15 is 0 Å². The van der Waals surface area contributed by atoms with Crippen LogP contribution in [0.4, 0.5) is 0 Å². The summed E-state index contributed by atoms with van der Waals surface area (Å²) in [6.45, 7) is 7.03. The molecule has 0 unspecified atom stereocenters. The summed E-state index contributed by atoms with van der Waals surface area (Å²) in [4.78, 5) is 12.4. The van der Waals surface area contributed by atoms with E-state index in [9.17, 15) is 4.79 Å². The Morgan fingerprint density at radius 3 is 1.84 bits per heavy atom. The fraction of sp³-hybridized carbons (Fsp3) is 0.318. The first-order valence-corrected chi connectivity index (χ1v) is 8.68. The number of benzene rings is 2. The molecule has 0 heterocycles. The van der Waals surface area contributed by atoms with E-state index in [2.05, 4.69) is 12.8 Å². The lowest BCUT2D eigenvalue weighted by atomic mass is 10.0. The second-order valence-corrected chi connectivity index (χ2v) is 5.07. The van der Waals surface area contributed by atoms with Gasteiger partial charge in [0, 0.05) is 11.1 Å². The highest BCUT2D eigenvalue weighted by molar-refractivity contribution is 6.09. The van der Waals surface area contributed by atoms with Crippen LogP contribution in [0.3, 0.4) is 0 Å². The number of unbranched alkanes of at least 4 members (excludes halogenated alkanes) is 1. The van der Waals surface area contributed by atoms with Gasteiger partial charge in [0.25, 0.3) is 0 Å². The Balaban J connectivity index is 0.00000151. The minimum Gasteiger partial charge on any atom is -0.494 e. The summed E-state index contributed by atoms with van der Waals surface area (Å²) < 4.78 is 10.9. The zero-order valence-electron chi connectivity index (χ0n) is 15.2. The average molecular weight is 338 g/mol. The highest BCUT2D eigenvalue weighted by Gasteiger charge is 2.09. The molecule has 0 amide bonds. The summed E-state index contributed by atoms with van der Waals surface area (Å²) in [5.74, 6) is 3.81. The molecule has 0 bridgehead atoms. The van der Waals surface area contributed by atoms with E-state index in [0.717, 1.165) is 18.6 Å². The highest BCUT2D eigenvalue weighted by atomic mass is 16.5. The maximum atomic E-state index is 12.4. The molecule has 0 aliphatic rings. The van der Waals surface area contributed by atoms with Crippen LogP contribution in [0.5, 0.6) is 11.5 Å². The van der Waals surface area contributed by atoms with Gasteiger partial charge >= 0.3 is 0 Å². The lowest BCUT2D eigenvalue weighted by molar-refractivity contribution is 0.103. The van der Waals surface area contributed by atoms with E-state index < -0.39 is 0 Å². The summed E-state index contributed by atoms with van der Waals surface area (Å²) in [5, 5.41) is 0. The molecule has 2 aromatic carbocycles. The van der Waals surface area contributed by atoms with Gasteiger partial charge in [0.2, 0.25) is 0 Å². The van der Waals surface area contributed by atoms with E-state index in [1.54, 1.807) is 36.4 Å². The van der Waals surface area contributed by atoms with E-state index in [1.807, 2.05) is 26.0 Å². The molecule has 0 spiro atoms. The van der Waals surface area contributed by atoms with Crippen molar-refractivity contribution in [2.45, 2.75) is 33.6 Å². The Morgan fingerprint density at radius 2 is 1.40 bits per heavy atom. The second-order valence-electron chi connectivity index (χ2n) is 5.07. The van der Waals surface area contributed by atoms with E-state index in [1.165, 1.54) is 0 Å². The number of hydrogen-bond acceptors (Lipinski definition) is 3. The monoisotopic (exact) mass is 338 g/mol. The largest absolute Gasteiger partial charge is 0.494 e. The first-order chi connectivity index (χ1) is 12.2. The normalized spacial score (nSPS) is 9.36. The van der Waals surface area contributed by atoms with Crippen molar-refractivity contribution >= 4 is 5.78 Å². The van der Waals surface area contributed by atoms with Gasteiger partial charge in [-0.3, -0.25) is 4.79 Å². The summed E-state index contributed by atoms with van der Waals surface area (Å²) in [7, 11) is 0. The standard InChI is InChI=1S/C20H20O3.C2H6/c1-3-5-15-23-19-12-8-17(9-13-19)20(21)16-6-10-18(11-7-16)22-14-4-2;1-2/h2,6-13H,3,5,14-15H2,1H3;1-2H3. The molecular weight excluding hydrogens is 312 g/mol. The third-order valence-corrected chi connectivity index (χ3v) is 3.32. The summed E-state index contributed by atoms with van der Waals surface area (Å²) in [6.07, 6.45) is 7.26. The number of hydrogen-bond donors (Lipinski definition) is 0. The molecule has 0 atom stereocenters. The fourth-order valence-electron chi connectivity index (χ4n) is 2.03. The molecule has 2 rings (SSSR count). The van der Waals surface area contributed by atoms with Gasteiger partial charge in [-0.2, -0.15) is 0 Å². The van der Waals surface area contributed by atoms with Gasteiger partial charge in [0.15, 0.2) is 5.78 Å². The van der Waals surface area contributed by atoms with Crippen LogP contribution in [0.25, 0.3) is 0 Å². The third-order valence-electron chi connectivity index (χ3n) is 3.32. The van der Waals surface area contributed by atoms with Gasteiger partial charge < -0.3 is 9.47 Å². The molecule has 3 heteroatoms. The highest BCUT2D eigenvalue weighted by Crippen LogP contribution is 2.18. The minimum atomic E-state index is -0.0337. The molecule has 3 nitrogen and oxygen atoms in total. The Bertz CT molecular complexity index is 664. The Kier molecular flexibility index (Phi) is 9.55. The summed E-state index contributed by atoms with van der Waals surface area (Å²) in [5.41, 5.74) is 1.24. The smallest absolute Gasteiger partial charge is 0.193 e. The lowest BCUT2D eigenvalue weighted by Crippen LogP contribution is -2.02. The number of rotatable bonds is 8. The van der Waals surface area contributed by atoms with Gasteiger partial charge in [-0.25, -0.2) is 0 Å². The van der Waals surface area contributed by atoms with Crippen molar-refractivity contribution < 1.29 is 14.3 Å². The predicted octanol–water partition coefficient (Wildman–Crippen LogP) is 5.13. The van der Waals surface area contributed by atoms with Gasteiger partial charge in [-0.05, 0) is 55.0 Å². The average Bonchev–Trinajstić information content (AvgIpc) is 2.68. The minimum absolute atomic E-state index is 0.0337. The maximum Gasteiger partial charge on any atom is 0.193 e. The van der Waals surface area contributed by atoms with Crippen LogP contribution in [0.2, 0.25) is 0 Å². The van der Waals surface area contributed by atoms with Gasteiger partial charge in [0.1, 0.15) is 18.1 Å². The number of carbonyl (C=O) groups excluding carboxylic acids is 1. The summed E-state index contributed by atoms with van der Waals surface area (Å²) in [6, 6.07) is 14.2. The first-order valence-electron chi connectivity index (χ1n) is 8.68. The van der Waals surface area contributed by atoms with E-state index in [0.29, 0.717) is 23.5 Å². The van der Waals surface area contributed by atoms with Gasteiger partial charge in [-0.15, -0.1) is 6.42 Å². The zero-order valence-corrected chi connectivity index (χ0v) is 15.2.